The third kappa shape index (κ3) is 2.60. The molecule has 0 amide bonds. The molecular weight excluding hydrogens is 203 g/mol. The van der Waals surface area contributed by atoms with Gasteiger partial charge < -0.3 is 10.6 Å². The van der Waals surface area contributed by atoms with Gasteiger partial charge in [0.2, 0.25) is 0 Å². The van der Waals surface area contributed by atoms with Gasteiger partial charge in [-0.15, -0.1) is 0 Å². The lowest BCUT2D eigenvalue weighted by atomic mass is 10.0. The molecule has 1 aliphatic rings. The minimum atomic E-state index is -0.153. The Balaban J connectivity index is 2.11. The topological polar surface area (TPSA) is 32.1 Å². The zero-order valence-electron chi connectivity index (χ0n) is 9.71. The Labute approximate surface area is 96.2 Å². The number of rotatable bonds is 3. The molecule has 1 fully saturated rings. The minimum Gasteiger partial charge on any atom is -0.352 e. The Morgan fingerprint density at radius 2 is 1.75 bits per heavy atom. The van der Waals surface area contributed by atoms with Crippen LogP contribution in [-0.2, 0) is 0 Å². The maximum atomic E-state index is 12.9. The number of quaternary nitrogens is 2. The van der Waals surface area contributed by atoms with Gasteiger partial charge in [-0.25, -0.2) is 4.39 Å². The first-order valence-electron chi connectivity index (χ1n) is 6.20. The van der Waals surface area contributed by atoms with E-state index in [0.29, 0.717) is 6.04 Å². The fraction of sp³-hybridized carbons (Fsp3) is 0.538. The van der Waals surface area contributed by atoms with E-state index in [2.05, 4.69) is 5.73 Å². The van der Waals surface area contributed by atoms with Gasteiger partial charge in [0.25, 0.3) is 0 Å². The van der Waals surface area contributed by atoms with Crippen molar-refractivity contribution in [2.45, 2.75) is 25.3 Å². The Morgan fingerprint density at radius 1 is 1.12 bits per heavy atom. The number of hydrogen-bond donors (Lipinski definition) is 2. The van der Waals surface area contributed by atoms with Gasteiger partial charge in [-0.3, -0.25) is 0 Å². The molecule has 1 aliphatic heterocycles. The summed E-state index contributed by atoms with van der Waals surface area (Å²) in [5, 5.41) is 0. The molecule has 1 atom stereocenters. The second-order valence-electron chi connectivity index (χ2n) is 4.61. The highest BCUT2D eigenvalue weighted by Gasteiger charge is 2.26. The van der Waals surface area contributed by atoms with Crippen LogP contribution in [0.1, 0.15) is 30.9 Å². The van der Waals surface area contributed by atoms with Crippen LogP contribution in [0.2, 0.25) is 0 Å². The monoisotopic (exact) mass is 224 g/mol. The van der Waals surface area contributed by atoms with Gasteiger partial charge in [-0.2, -0.15) is 0 Å². The number of benzene rings is 1. The smallest absolute Gasteiger partial charge is 0.162 e. The first-order valence-corrected chi connectivity index (χ1v) is 6.20. The second-order valence-corrected chi connectivity index (χ2v) is 4.61. The Morgan fingerprint density at radius 3 is 2.31 bits per heavy atom. The molecule has 3 heteroatoms. The lowest BCUT2D eigenvalue weighted by Gasteiger charge is -2.29. The van der Waals surface area contributed by atoms with Crippen LogP contribution in [0.4, 0.5) is 4.39 Å². The van der Waals surface area contributed by atoms with E-state index in [4.69, 9.17) is 0 Å². The van der Waals surface area contributed by atoms with Crippen molar-refractivity contribution in [1.29, 1.82) is 0 Å². The van der Waals surface area contributed by atoms with E-state index in [1.165, 1.54) is 37.9 Å². The van der Waals surface area contributed by atoms with Crippen molar-refractivity contribution in [3.8, 4) is 0 Å². The van der Waals surface area contributed by atoms with Crippen molar-refractivity contribution in [3.05, 3.63) is 35.6 Å². The third-order valence-corrected chi connectivity index (χ3v) is 3.55. The van der Waals surface area contributed by atoms with Crippen molar-refractivity contribution in [1.82, 2.24) is 0 Å². The van der Waals surface area contributed by atoms with Gasteiger partial charge in [0.1, 0.15) is 12.4 Å². The molecular formula is C13H21FN2+2. The summed E-state index contributed by atoms with van der Waals surface area (Å²) in [7, 11) is 0. The fourth-order valence-corrected chi connectivity index (χ4v) is 2.66. The summed E-state index contributed by atoms with van der Waals surface area (Å²) in [6, 6.07) is 7.38. The van der Waals surface area contributed by atoms with Gasteiger partial charge in [-0.05, 0) is 43.5 Å². The van der Waals surface area contributed by atoms with Crippen molar-refractivity contribution < 1.29 is 15.0 Å². The molecule has 4 N–H and O–H groups in total. The average Bonchev–Trinajstić information content (AvgIpc) is 2.34. The lowest BCUT2D eigenvalue weighted by molar-refractivity contribution is -0.942. The van der Waals surface area contributed by atoms with Gasteiger partial charge >= 0.3 is 0 Å². The summed E-state index contributed by atoms with van der Waals surface area (Å²) in [4.78, 5) is 1.62. The van der Waals surface area contributed by atoms with Crippen molar-refractivity contribution in [2.75, 3.05) is 19.6 Å². The molecule has 88 valence electrons. The molecule has 1 aromatic rings. The Kier molecular flexibility index (Phi) is 3.91. The van der Waals surface area contributed by atoms with Crippen LogP contribution in [-0.4, -0.2) is 19.6 Å². The molecule has 1 heterocycles. The molecule has 1 saturated heterocycles. The highest BCUT2D eigenvalue weighted by Crippen LogP contribution is 2.10. The molecule has 16 heavy (non-hydrogen) atoms. The highest BCUT2D eigenvalue weighted by molar-refractivity contribution is 5.18. The van der Waals surface area contributed by atoms with Crippen LogP contribution < -0.4 is 10.6 Å². The van der Waals surface area contributed by atoms with Crippen molar-refractivity contribution >= 4 is 0 Å². The van der Waals surface area contributed by atoms with E-state index in [0.717, 1.165) is 6.54 Å². The van der Waals surface area contributed by atoms with Crippen molar-refractivity contribution in [3.63, 3.8) is 0 Å². The molecule has 0 bridgehead atoms. The van der Waals surface area contributed by atoms with Gasteiger partial charge in [-0.1, -0.05) is 0 Å². The van der Waals surface area contributed by atoms with Gasteiger partial charge in [0, 0.05) is 5.56 Å². The summed E-state index contributed by atoms with van der Waals surface area (Å²) in [6.07, 6.45) is 3.98. The summed E-state index contributed by atoms with van der Waals surface area (Å²) >= 11 is 0. The molecule has 2 nitrogen and oxygen atoms in total. The zero-order chi connectivity index (χ0) is 11.4. The minimum absolute atomic E-state index is 0.153. The first-order chi connectivity index (χ1) is 7.81. The molecule has 0 spiro atoms. The molecule has 0 saturated carbocycles. The number of halogens is 1. The molecule has 0 radical (unpaired) electrons. The molecule has 0 unspecified atom stereocenters. The number of likely N-dealkylation sites (tertiary alicyclic amines) is 1. The van der Waals surface area contributed by atoms with Crippen LogP contribution in [0.15, 0.2) is 24.3 Å². The van der Waals surface area contributed by atoms with E-state index in [-0.39, 0.29) is 5.82 Å². The summed E-state index contributed by atoms with van der Waals surface area (Å²) < 4.78 is 12.9. The standard InChI is InChI=1S/C13H19FN2/c14-12-6-4-11(5-7-12)13(10-15)16-8-2-1-3-9-16/h4-7,13H,1-3,8-10,15H2/p+2/t13-/m0/s1. The van der Waals surface area contributed by atoms with Crippen molar-refractivity contribution in [2.24, 2.45) is 0 Å². The molecule has 2 rings (SSSR count). The predicted octanol–water partition coefficient (Wildman–Crippen LogP) is 0.177. The van der Waals surface area contributed by atoms with Crippen LogP contribution in [0.3, 0.4) is 0 Å². The normalized spacial score (nSPS) is 19.6. The Bertz CT molecular complexity index is 317. The van der Waals surface area contributed by atoms with Crippen LogP contribution in [0, 0.1) is 5.82 Å². The lowest BCUT2D eigenvalue weighted by Crippen LogP contribution is -3.14. The number of nitrogens with one attached hydrogen (secondary N) is 1. The van der Waals surface area contributed by atoms with E-state index in [9.17, 15) is 4.39 Å². The second kappa shape index (κ2) is 5.41. The summed E-state index contributed by atoms with van der Waals surface area (Å²) in [6.45, 7) is 3.36. The number of hydrogen-bond acceptors (Lipinski definition) is 0. The molecule has 0 aromatic heterocycles. The zero-order valence-corrected chi connectivity index (χ0v) is 9.71. The van der Waals surface area contributed by atoms with Gasteiger partial charge in [0.05, 0.1) is 13.1 Å². The van der Waals surface area contributed by atoms with E-state index in [1.54, 1.807) is 17.0 Å². The highest BCUT2D eigenvalue weighted by atomic mass is 19.1. The fourth-order valence-electron chi connectivity index (χ4n) is 2.66. The first kappa shape index (κ1) is 11.6. The molecule has 1 aromatic carbocycles. The quantitative estimate of drug-likeness (QED) is 0.734. The maximum Gasteiger partial charge on any atom is 0.162 e. The maximum absolute atomic E-state index is 12.9. The Hall–Kier alpha value is -0.930. The van der Waals surface area contributed by atoms with E-state index in [1.807, 2.05) is 12.1 Å². The van der Waals surface area contributed by atoms with Gasteiger partial charge in [0.15, 0.2) is 6.04 Å². The molecule has 0 aliphatic carbocycles. The summed E-state index contributed by atoms with van der Waals surface area (Å²) in [5.74, 6) is -0.153. The van der Waals surface area contributed by atoms with Crippen LogP contribution in [0.5, 0.6) is 0 Å². The average molecular weight is 224 g/mol. The number of piperidine rings is 1. The van der Waals surface area contributed by atoms with Crippen LogP contribution >= 0.6 is 0 Å². The largest absolute Gasteiger partial charge is 0.352 e. The van der Waals surface area contributed by atoms with E-state index < -0.39 is 0 Å². The SMILES string of the molecule is [NH3+]C[C@@H](c1ccc(F)cc1)[NH+]1CCCCC1. The third-order valence-electron chi connectivity index (χ3n) is 3.55. The summed E-state index contributed by atoms with van der Waals surface area (Å²) in [5.41, 5.74) is 5.28. The predicted molar refractivity (Wildman–Crippen MR) is 61.4 cm³/mol. The van der Waals surface area contributed by atoms with E-state index >= 15 is 0 Å². The van der Waals surface area contributed by atoms with Crippen LogP contribution in [0.25, 0.3) is 0 Å².